The first-order valence-corrected chi connectivity index (χ1v) is 14.7. The van der Waals surface area contributed by atoms with Crippen molar-refractivity contribution in [3.63, 3.8) is 0 Å². The van der Waals surface area contributed by atoms with Crippen molar-refractivity contribution in [2.24, 2.45) is 0 Å². The Morgan fingerprint density at radius 2 is 0.500 bits per heavy atom. The lowest BCUT2D eigenvalue weighted by molar-refractivity contribution is 0.0186. The van der Waals surface area contributed by atoms with Gasteiger partial charge in [0, 0.05) is 19.8 Å². The highest BCUT2D eigenvalue weighted by Crippen LogP contribution is 2.34. The maximum Gasteiger partial charge on any atom is 0.0701 e. The summed E-state index contributed by atoms with van der Waals surface area (Å²) in [5.41, 5.74) is 0. The largest absolute Gasteiger partial charge is 0.379 e. The van der Waals surface area contributed by atoms with Crippen LogP contribution in [0.5, 0.6) is 0 Å². The molecule has 0 spiro atoms. The van der Waals surface area contributed by atoms with Gasteiger partial charge in [0.15, 0.2) is 0 Å². The molecule has 0 saturated carbocycles. The SMILES string of the molecule is CCOCCOCCOCCP(CCOCCOCCOCC)CCOCCOCCOCC. The molecule has 9 nitrogen and oxygen atoms in total. The third kappa shape index (κ3) is 28.3. The van der Waals surface area contributed by atoms with Gasteiger partial charge in [-0.15, -0.1) is 0 Å². The maximum absolute atomic E-state index is 5.76. The number of ether oxygens (including phenoxy) is 9. The van der Waals surface area contributed by atoms with Crippen molar-refractivity contribution >= 4 is 7.92 Å². The predicted molar refractivity (Wildman–Crippen MR) is 136 cm³/mol. The Labute approximate surface area is 209 Å². The molecule has 0 unspecified atom stereocenters. The Morgan fingerprint density at radius 3 is 0.735 bits per heavy atom. The molecule has 0 aliphatic carbocycles. The Kier molecular flexibility index (Phi) is 31.2. The van der Waals surface area contributed by atoms with Crippen LogP contribution in [0.2, 0.25) is 0 Å². The molecule has 0 saturated heterocycles. The van der Waals surface area contributed by atoms with E-state index in [1.807, 2.05) is 20.8 Å². The van der Waals surface area contributed by atoms with Crippen LogP contribution in [0.4, 0.5) is 0 Å². The van der Waals surface area contributed by atoms with E-state index in [1.165, 1.54) is 0 Å². The molecule has 0 fully saturated rings. The van der Waals surface area contributed by atoms with E-state index in [9.17, 15) is 0 Å². The highest BCUT2D eigenvalue weighted by molar-refractivity contribution is 7.57. The van der Waals surface area contributed by atoms with Crippen molar-refractivity contribution in [2.75, 3.05) is 137 Å². The van der Waals surface area contributed by atoms with Gasteiger partial charge in [0.2, 0.25) is 0 Å². The second-order valence-corrected chi connectivity index (χ2v) is 9.79. The van der Waals surface area contributed by atoms with Gasteiger partial charge in [-0.1, -0.05) is 7.92 Å². The predicted octanol–water partition coefficient (Wildman–Crippen LogP) is 2.68. The van der Waals surface area contributed by atoms with Gasteiger partial charge in [-0.2, -0.15) is 0 Å². The van der Waals surface area contributed by atoms with Gasteiger partial charge in [0.25, 0.3) is 0 Å². The number of hydrogen-bond acceptors (Lipinski definition) is 9. The molecule has 0 N–H and O–H groups in total. The maximum atomic E-state index is 5.76. The standard InChI is InChI=1S/C24H51O9P/c1-4-25-7-10-28-13-16-31-19-22-34(23-20-32-17-14-29-11-8-26-5-2)24-21-33-18-15-30-12-9-27-6-3/h4-24H2,1-3H3. The van der Waals surface area contributed by atoms with Gasteiger partial charge in [0.05, 0.1) is 99.1 Å². The molecule has 0 aliphatic heterocycles. The zero-order valence-electron chi connectivity index (χ0n) is 22.0. The summed E-state index contributed by atoms with van der Waals surface area (Å²) in [6, 6.07) is 0. The third-order valence-corrected chi connectivity index (χ3v) is 6.95. The van der Waals surface area contributed by atoms with Crippen LogP contribution in [0.3, 0.4) is 0 Å². The summed E-state index contributed by atoms with van der Waals surface area (Å²) < 4.78 is 49.5. The van der Waals surface area contributed by atoms with Crippen LogP contribution in [-0.2, 0) is 42.6 Å². The summed E-state index contributed by atoms with van der Waals surface area (Å²) in [7, 11) is -0.216. The highest BCUT2D eigenvalue weighted by atomic mass is 31.1. The molecule has 0 aromatic heterocycles. The molecule has 0 amide bonds. The van der Waals surface area contributed by atoms with Crippen molar-refractivity contribution in [3.8, 4) is 0 Å². The molecule has 0 rings (SSSR count). The number of hydrogen-bond donors (Lipinski definition) is 0. The molecule has 0 bridgehead atoms. The van der Waals surface area contributed by atoms with Crippen LogP contribution in [0.25, 0.3) is 0 Å². The van der Waals surface area contributed by atoms with Crippen LogP contribution in [0, 0.1) is 0 Å². The second kappa shape index (κ2) is 31.1. The Balaban J connectivity index is 3.85. The molecule has 0 atom stereocenters. The van der Waals surface area contributed by atoms with E-state index in [2.05, 4.69) is 0 Å². The van der Waals surface area contributed by atoms with Crippen molar-refractivity contribution in [1.82, 2.24) is 0 Å². The highest BCUT2D eigenvalue weighted by Gasteiger charge is 2.09. The van der Waals surface area contributed by atoms with Gasteiger partial charge in [-0.05, 0) is 39.3 Å². The van der Waals surface area contributed by atoms with Gasteiger partial charge in [0.1, 0.15) is 0 Å². The van der Waals surface area contributed by atoms with E-state index in [1.54, 1.807) is 0 Å². The Bertz CT molecular complexity index is 315. The summed E-state index contributed by atoms with van der Waals surface area (Å²) in [6.07, 6.45) is 3.12. The molecule has 0 radical (unpaired) electrons. The zero-order chi connectivity index (χ0) is 24.8. The van der Waals surface area contributed by atoms with Crippen LogP contribution >= 0.6 is 7.92 Å². The topological polar surface area (TPSA) is 83.1 Å². The zero-order valence-corrected chi connectivity index (χ0v) is 22.9. The van der Waals surface area contributed by atoms with E-state index in [0.29, 0.717) is 79.3 Å². The van der Waals surface area contributed by atoms with E-state index in [4.69, 9.17) is 42.6 Å². The molecule has 206 valence electrons. The van der Waals surface area contributed by atoms with E-state index >= 15 is 0 Å². The van der Waals surface area contributed by atoms with Crippen LogP contribution in [-0.4, -0.2) is 137 Å². The van der Waals surface area contributed by atoms with Crippen molar-refractivity contribution in [3.05, 3.63) is 0 Å². The molecule has 0 aliphatic rings. The fourth-order valence-electron chi connectivity index (χ4n) is 2.67. The van der Waals surface area contributed by atoms with Crippen molar-refractivity contribution < 1.29 is 42.6 Å². The summed E-state index contributed by atoms with van der Waals surface area (Å²) in [5.74, 6) is 0. The minimum Gasteiger partial charge on any atom is -0.379 e. The minimum atomic E-state index is -0.216. The first-order valence-electron chi connectivity index (χ1n) is 12.8. The van der Waals surface area contributed by atoms with E-state index in [0.717, 1.165) is 58.1 Å². The lowest BCUT2D eigenvalue weighted by Gasteiger charge is -2.18. The molecule has 0 heterocycles. The normalized spacial score (nSPS) is 11.6. The summed E-state index contributed by atoms with van der Waals surface area (Å²) in [6.45, 7) is 17.7. The van der Waals surface area contributed by atoms with Crippen LogP contribution in [0.1, 0.15) is 20.8 Å². The molecule has 0 aromatic carbocycles. The average molecular weight is 515 g/mol. The van der Waals surface area contributed by atoms with E-state index in [-0.39, 0.29) is 7.92 Å². The molecule has 34 heavy (non-hydrogen) atoms. The average Bonchev–Trinajstić information content (AvgIpc) is 2.85. The van der Waals surface area contributed by atoms with Gasteiger partial charge in [-0.3, -0.25) is 0 Å². The van der Waals surface area contributed by atoms with Gasteiger partial charge in [-0.25, -0.2) is 0 Å². The monoisotopic (exact) mass is 514 g/mol. The molecule has 10 heteroatoms. The lowest BCUT2D eigenvalue weighted by Crippen LogP contribution is -2.15. The molecular weight excluding hydrogens is 463 g/mol. The smallest absolute Gasteiger partial charge is 0.0701 e. The lowest BCUT2D eigenvalue weighted by atomic mass is 10.7. The van der Waals surface area contributed by atoms with Crippen molar-refractivity contribution in [2.45, 2.75) is 20.8 Å². The number of rotatable bonds is 30. The van der Waals surface area contributed by atoms with Gasteiger partial charge < -0.3 is 42.6 Å². The third-order valence-electron chi connectivity index (χ3n) is 4.50. The summed E-state index contributed by atoms with van der Waals surface area (Å²) in [5, 5.41) is 0. The Hall–Kier alpha value is 0.0700. The summed E-state index contributed by atoms with van der Waals surface area (Å²) in [4.78, 5) is 0. The minimum absolute atomic E-state index is 0.216. The van der Waals surface area contributed by atoms with Gasteiger partial charge >= 0.3 is 0 Å². The van der Waals surface area contributed by atoms with E-state index < -0.39 is 0 Å². The second-order valence-electron chi connectivity index (χ2n) is 7.11. The first-order chi connectivity index (χ1) is 16.8. The van der Waals surface area contributed by atoms with Crippen LogP contribution < -0.4 is 0 Å². The molecule has 0 aromatic rings. The first kappa shape index (κ1) is 34.1. The quantitative estimate of drug-likeness (QED) is 0.106. The fraction of sp³-hybridized carbons (Fsp3) is 1.00. The van der Waals surface area contributed by atoms with Crippen molar-refractivity contribution in [1.29, 1.82) is 0 Å². The Morgan fingerprint density at radius 1 is 0.294 bits per heavy atom. The molecular formula is C24H51O9P. The fourth-order valence-corrected chi connectivity index (χ4v) is 4.50. The van der Waals surface area contributed by atoms with Crippen LogP contribution in [0.15, 0.2) is 0 Å². The summed E-state index contributed by atoms with van der Waals surface area (Å²) >= 11 is 0.